The summed E-state index contributed by atoms with van der Waals surface area (Å²) in [4.78, 5) is 14.6. The lowest BCUT2D eigenvalue weighted by Crippen LogP contribution is -2.49. The summed E-state index contributed by atoms with van der Waals surface area (Å²) in [5, 5.41) is 0. The third-order valence-electron chi connectivity index (χ3n) is 4.35. The number of rotatable bonds is 2. The molecule has 2 aliphatic heterocycles. The van der Waals surface area contributed by atoms with Crippen molar-refractivity contribution in [3.63, 3.8) is 0 Å². The van der Waals surface area contributed by atoms with Crippen molar-refractivity contribution in [1.82, 2.24) is 4.90 Å². The van der Waals surface area contributed by atoms with Crippen molar-refractivity contribution in [2.45, 2.75) is 24.9 Å². The molecule has 7 heteroatoms. The van der Waals surface area contributed by atoms with Crippen LogP contribution in [-0.4, -0.2) is 51.3 Å². The number of fused-ring (bicyclic) bond motifs is 1. The van der Waals surface area contributed by atoms with Gasteiger partial charge in [-0.3, -0.25) is 4.72 Å². The molecule has 120 valence electrons. The molecular weight excluding hydrogens is 304 g/mol. The number of carbonyl (C=O) groups excluding carboxylic acids is 1. The Labute approximate surface area is 130 Å². The fraction of sp³-hybridized carbons (Fsp3) is 0.533. The molecule has 0 bridgehead atoms. The average Bonchev–Trinajstić information content (AvgIpc) is 2.42. The molecule has 0 amide bonds. The minimum absolute atomic E-state index is 0.358. The van der Waals surface area contributed by atoms with Gasteiger partial charge in [-0.15, -0.1) is 0 Å². The average molecular weight is 324 g/mol. The monoisotopic (exact) mass is 324 g/mol. The Bertz CT molecular complexity index is 706. The van der Waals surface area contributed by atoms with Crippen LogP contribution in [-0.2, 0) is 21.2 Å². The normalized spacial score (nSPS) is 21.3. The Balaban J connectivity index is 1.87. The Morgan fingerprint density at radius 1 is 1.27 bits per heavy atom. The number of carbonyl (C=O) groups is 1. The smallest absolute Gasteiger partial charge is 0.339 e. The predicted molar refractivity (Wildman–Crippen MR) is 83.5 cm³/mol. The van der Waals surface area contributed by atoms with Crippen molar-refractivity contribution in [2.24, 2.45) is 0 Å². The summed E-state index contributed by atoms with van der Waals surface area (Å²) in [6, 6.07) is 5.07. The lowest BCUT2D eigenvalue weighted by atomic mass is 9.81. The third-order valence-corrected chi connectivity index (χ3v) is 4.96. The summed E-state index contributed by atoms with van der Waals surface area (Å²) in [5.41, 5.74) is 1.37. The van der Waals surface area contributed by atoms with Crippen LogP contribution in [0.3, 0.4) is 0 Å². The van der Waals surface area contributed by atoms with Crippen LogP contribution in [0, 0.1) is 0 Å². The number of likely N-dealkylation sites (tertiary alicyclic amines) is 1. The number of ether oxygens (including phenoxy) is 1. The van der Waals surface area contributed by atoms with E-state index in [0.717, 1.165) is 37.8 Å². The first-order chi connectivity index (χ1) is 10.3. The second-order valence-corrected chi connectivity index (χ2v) is 8.05. The zero-order valence-electron chi connectivity index (χ0n) is 12.8. The van der Waals surface area contributed by atoms with Crippen molar-refractivity contribution in [3.8, 4) is 0 Å². The van der Waals surface area contributed by atoms with Crippen molar-refractivity contribution < 1.29 is 17.9 Å². The van der Waals surface area contributed by atoms with Gasteiger partial charge in [-0.1, -0.05) is 6.07 Å². The van der Waals surface area contributed by atoms with Crippen molar-refractivity contribution in [3.05, 3.63) is 29.3 Å². The first-order valence-electron chi connectivity index (χ1n) is 7.29. The minimum atomic E-state index is -3.36. The summed E-state index contributed by atoms with van der Waals surface area (Å²) in [5.74, 6) is -0.358. The maximum absolute atomic E-state index is 12.3. The van der Waals surface area contributed by atoms with Crippen molar-refractivity contribution in [2.75, 3.05) is 31.1 Å². The third kappa shape index (κ3) is 3.10. The molecule has 0 unspecified atom stereocenters. The highest BCUT2D eigenvalue weighted by molar-refractivity contribution is 7.92. The van der Waals surface area contributed by atoms with Gasteiger partial charge in [-0.25, -0.2) is 13.2 Å². The zero-order chi connectivity index (χ0) is 16.0. The van der Waals surface area contributed by atoms with Gasteiger partial charge >= 0.3 is 5.97 Å². The van der Waals surface area contributed by atoms with E-state index in [1.54, 1.807) is 12.1 Å². The number of hydrogen-bond donors (Lipinski definition) is 1. The molecule has 0 atom stereocenters. The van der Waals surface area contributed by atoms with E-state index in [1.165, 1.54) is 0 Å². The van der Waals surface area contributed by atoms with Gasteiger partial charge in [0.05, 0.1) is 11.8 Å². The minimum Gasteiger partial charge on any atom is -0.455 e. The van der Waals surface area contributed by atoms with Crippen molar-refractivity contribution in [1.29, 1.82) is 0 Å². The Kier molecular flexibility index (Phi) is 3.65. The first kappa shape index (κ1) is 15.3. The second-order valence-electron chi connectivity index (χ2n) is 6.30. The number of hydrogen-bond acceptors (Lipinski definition) is 5. The van der Waals surface area contributed by atoms with Crippen LogP contribution in [0.1, 0.15) is 28.8 Å². The molecule has 0 aromatic heterocycles. The first-order valence-corrected chi connectivity index (χ1v) is 9.18. The van der Waals surface area contributed by atoms with Crippen LogP contribution in [0.25, 0.3) is 0 Å². The van der Waals surface area contributed by atoms with Crippen LogP contribution in [0.5, 0.6) is 0 Å². The number of piperidine rings is 1. The van der Waals surface area contributed by atoms with Crippen molar-refractivity contribution >= 4 is 21.7 Å². The molecule has 0 radical (unpaired) electrons. The molecular formula is C15H20N2O4S. The fourth-order valence-corrected chi connectivity index (χ4v) is 3.69. The summed E-state index contributed by atoms with van der Waals surface area (Å²) in [6.45, 7) is 1.83. The van der Waals surface area contributed by atoms with Gasteiger partial charge in [0.15, 0.2) is 0 Å². The van der Waals surface area contributed by atoms with Gasteiger partial charge in [0.25, 0.3) is 0 Å². The van der Waals surface area contributed by atoms with E-state index in [2.05, 4.69) is 16.7 Å². The van der Waals surface area contributed by atoms with Gasteiger partial charge in [-0.05, 0) is 24.7 Å². The maximum atomic E-state index is 12.3. The van der Waals surface area contributed by atoms with Crippen LogP contribution < -0.4 is 4.72 Å². The van der Waals surface area contributed by atoms with Crippen LogP contribution >= 0.6 is 0 Å². The number of benzene rings is 1. The molecule has 22 heavy (non-hydrogen) atoms. The quantitative estimate of drug-likeness (QED) is 0.828. The summed E-state index contributed by atoms with van der Waals surface area (Å²) in [7, 11) is -1.30. The van der Waals surface area contributed by atoms with E-state index in [0.29, 0.717) is 17.7 Å². The second kappa shape index (κ2) is 5.24. The Hall–Kier alpha value is -1.60. The van der Waals surface area contributed by atoms with Crippen LogP contribution in [0.15, 0.2) is 18.2 Å². The number of nitrogens with one attached hydrogen (secondary N) is 1. The van der Waals surface area contributed by atoms with Gasteiger partial charge < -0.3 is 9.64 Å². The Morgan fingerprint density at radius 2 is 1.95 bits per heavy atom. The van der Waals surface area contributed by atoms with Gasteiger partial charge in [0.2, 0.25) is 10.0 Å². The van der Waals surface area contributed by atoms with E-state index < -0.39 is 15.6 Å². The van der Waals surface area contributed by atoms with E-state index in [4.69, 9.17) is 4.74 Å². The van der Waals surface area contributed by atoms with E-state index in [1.807, 2.05) is 6.07 Å². The van der Waals surface area contributed by atoms with Crippen LogP contribution in [0.4, 0.5) is 5.69 Å². The lowest BCUT2D eigenvalue weighted by molar-refractivity contribution is -0.0535. The van der Waals surface area contributed by atoms with E-state index in [-0.39, 0.29) is 5.97 Å². The summed E-state index contributed by atoms with van der Waals surface area (Å²) in [6.07, 6.45) is 3.44. The molecule has 1 aromatic carbocycles. The predicted octanol–water partition coefficient (Wildman–Crippen LogP) is 1.24. The number of sulfonamides is 1. The topological polar surface area (TPSA) is 75.7 Å². The Morgan fingerprint density at radius 3 is 2.59 bits per heavy atom. The molecule has 0 saturated carbocycles. The number of nitrogens with zero attached hydrogens (tertiary/aromatic N) is 1. The van der Waals surface area contributed by atoms with Crippen LogP contribution in [0.2, 0.25) is 0 Å². The molecule has 2 aliphatic rings. The zero-order valence-corrected chi connectivity index (χ0v) is 13.6. The molecule has 1 aromatic rings. The van der Waals surface area contributed by atoms with E-state index in [9.17, 15) is 13.2 Å². The maximum Gasteiger partial charge on any atom is 0.339 e. The highest BCUT2D eigenvalue weighted by Gasteiger charge is 2.42. The summed E-state index contributed by atoms with van der Waals surface area (Å²) >= 11 is 0. The molecule has 1 spiro atoms. The van der Waals surface area contributed by atoms with Gasteiger partial charge in [-0.2, -0.15) is 0 Å². The molecule has 0 aliphatic carbocycles. The highest BCUT2D eigenvalue weighted by Crippen LogP contribution is 2.36. The molecule has 2 heterocycles. The standard InChI is InChI=1S/C15H20N2O4S/c1-17-7-5-15(6-8-17)10-11-3-4-12(16-22(2,19)20)9-13(11)14(18)21-15/h3-4,9,16H,5-8,10H2,1-2H3. The van der Waals surface area contributed by atoms with Gasteiger partial charge in [0, 0.05) is 38.0 Å². The largest absolute Gasteiger partial charge is 0.455 e. The van der Waals surface area contributed by atoms with E-state index >= 15 is 0 Å². The molecule has 1 N–H and O–H groups in total. The molecule has 1 saturated heterocycles. The molecule has 3 rings (SSSR count). The fourth-order valence-electron chi connectivity index (χ4n) is 3.14. The lowest BCUT2D eigenvalue weighted by Gasteiger charge is -2.42. The highest BCUT2D eigenvalue weighted by atomic mass is 32.2. The molecule has 1 fully saturated rings. The molecule has 6 nitrogen and oxygen atoms in total. The number of anilines is 1. The SMILES string of the molecule is CN1CCC2(CC1)Cc1ccc(NS(C)(=O)=O)cc1C(=O)O2. The van der Waals surface area contributed by atoms with Gasteiger partial charge in [0.1, 0.15) is 5.60 Å². The number of esters is 1. The summed E-state index contributed by atoms with van der Waals surface area (Å²) < 4.78 is 30.7.